The molecular formula is C13H28N2O2. The Balaban J connectivity index is 4.48. The highest BCUT2D eigenvalue weighted by Crippen LogP contribution is 2.11. The minimum absolute atomic E-state index is 0.0260. The van der Waals surface area contributed by atoms with E-state index in [1.54, 1.807) is 7.11 Å². The fourth-order valence-electron chi connectivity index (χ4n) is 1.92. The Bertz CT molecular complexity index is 206. The topological polar surface area (TPSA) is 55.6 Å². The molecule has 0 spiro atoms. The first-order valence-corrected chi connectivity index (χ1v) is 6.64. The molecule has 0 rings (SSSR count). The Morgan fingerprint density at radius 2 is 1.82 bits per heavy atom. The zero-order valence-electron chi connectivity index (χ0n) is 11.7. The number of carbonyl (C=O) groups is 1. The number of hydrogen-bond donors (Lipinski definition) is 1. The lowest BCUT2D eigenvalue weighted by Gasteiger charge is -2.31. The second-order valence-electron chi connectivity index (χ2n) is 4.42. The quantitative estimate of drug-likeness (QED) is 0.672. The summed E-state index contributed by atoms with van der Waals surface area (Å²) in [7, 11) is 1.66. The SMILES string of the molecule is CCC(N)CC(=O)N(CCOC)C(CC)CC. The van der Waals surface area contributed by atoms with Gasteiger partial charge in [0.15, 0.2) is 0 Å². The number of nitrogens with two attached hydrogens (primary N) is 1. The molecular weight excluding hydrogens is 216 g/mol. The maximum atomic E-state index is 12.2. The van der Waals surface area contributed by atoms with Gasteiger partial charge in [0.2, 0.25) is 5.91 Å². The minimum Gasteiger partial charge on any atom is -0.383 e. The van der Waals surface area contributed by atoms with Crippen molar-refractivity contribution in [3.05, 3.63) is 0 Å². The van der Waals surface area contributed by atoms with Gasteiger partial charge < -0.3 is 15.4 Å². The van der Waals surface area contributed by atoms with Crippen LogP contribution in [0.25, 0.3) is 0 Å². The third kappa shape index (κ3) is 6.03. The average Bonchev–Trinajstić information content (AvgIpc) is 2.34. The lowest BCUT2D eigenvalue weighted by atomic mass is 10.1. The number of nitrogens with zero attached hydrogens (tertiary/aromatic N) is 1. The Kier molecular flexibility index (Phi) is 9.09. The summed E-state index contributed by atoms with van der Waals surface area (Å²) in [6.07, 6.45) is 3.24. The van der Waals surface area contributed by atoms with E-state index in [0.29, 0.717) is 25.6 Å². The Morgan fingerprint density at radius 3 is 2.24 bits per heavy atom. The van der Waals surface area contributed by atoms with Crippen molar-refractivity contribution in [3.8, 4) is 0 Å². The van der Waals surface area contributed by atoms with Crippen molar-refractivity contribution in [1.82, 2.24) is 4.90 Å². The van der Waals surface area contributed by atoms with Crippen LogP contribution >= 0.6 is 0 Å². The molecule has 0 aliphatic heterocycles. The van der Waals surface area contributed by atoms with Crippen molar-refractivity contribution < 1.29 is 9.53 Å². The van der Waals surface area contributed by atoms with Crippen molar-refractivity contribution in [2.75, 3.05) is 20.3 Å². The minimum atomic E-state index is -0.0260. The predicted molar refractivity (Wildman–Crippen MR) is 70.8 cm³/mol. The first kappa shape index (κ1) is 16.4. The van der Waals surface area contributed by atoms with Crippen LogP contribution in [0.4, 0.5) is 0 Å². The van der Waals surface area contributed by atoms with E-state index in [1.807, 2.05) is 11.8 Å². The molecule has 0 radical (unpaired) electrons. The van der Waals surface area contributed by atoms with E-state index in [4.69, 9.17) is 10.5 Å². The van der Waals surface area contributed by atoms with Crippen LogP contribution in [0, 0.1) is 0 Å². The molecule has 0 aliphatic carbocycles. The molecule has 102 valence electrons. The van der Waals surface area contributed by atoms with Gasteiger partial charge >= 0.3 is 0 Å². The molecule has 0 aliphatic rings. The van der Waals surface area contributed by atoms with Crippen LogP contribution in [0.15, 0.2) is 0 Å². The first-order valence-electron chi connectivity index (χ1n) is 6.64. The van der Waals surface area contributed by atoms with E-state index >= 15 is 0 Å². The maximum absolute atomic E-state index is 12.2. The summed E-state index contributed by atoms with van der Waals surface area (Å²) in [6.45, 7) is 7.48. The Hall–Kier alpha value is -0.610. The van der Waals surface area contributed by atoms with Gasteiger partial charge in [-0.05, 0) is 19.3 Å². The van der Waals surface area contributed by atoms with Gasteiger partial charge in [-0.2, -0.15) is 0 Å². The third-order valence-corrected chi connectivity index (χ3v) is 3.20. The molecule has 0 saturated heterocycles. The summed E-state index contributed by atoms with van der Waals surface area (Å²) in [5.41, 5.74) is 5.84. The number of hydrogen-bond acceptors (Lipinski definition) is 3. The summed E-state index contributed by atoms with van der Waals surface area (Å²) in [5.74, 6) is 0.158. The fourth-order valence-corrected chi connectivity index (χ4v) is 1.92. The van der Waals surface area contributed by atoms with Crippen LogP contribution in [0.5, 0.6) is 0 Å². The standard InChI is InChI=1S/C13H28N2O2/c1-5-11(14)10-13(16)15(8-9-17-4)12(6-2)7-3/h11-12H,5-10,14H2,1-4H3. The van der Waals surface area contributed by atoms with Gasteiger partial charge in [-0.25, -0.2) is 0 Å². The second kappa shape index (κ2) is 9.42. The Morgan fingerprint density at radius 1 is 1.24 bits per heavy atom. The molecule has 1 atom stereocenters. The van der Waals surface area contributed by atoms with Gasteiger partial charge in [0, 0.05) is 32.2 Å². The summed E-state index contributed by atoms with van der Waals surface area (Å²) < 4.78 is 5.07. The van der Waals surface area contributed by atoms with Gasteiger partial charge in [0.25, 0.3) is 0 Å². The second-order valence-corrected chi connectivity index (χ2v) is 4.42. The van der Waals surface area contributed by atoms with E-state index in [0.717, 1.165) is 19.3 Å². The zero-order valence-corrected chi connectivity index (χ0v) is 11.7. The van der Waals surface area contributed by atoms with Crippen molar-refractivity contribution >= 4 is 5.91 Å². The van der Waals surface area contributed by atoms with Crippen LogP contribution in [-0.2, 0) is 9.53 Å². The molecule has 0 fully saturated rings. The molecule has 1 unspecified atom stereocenters. The molecule has 4 heteroatoms. The van der Waals surface area contributed by atoms with Gasteiger partial charge in [-0.15, -0.1) is 0 Å². The summed E-state index contributed by atoms with van der Waals surface area (Å²) >= 11 is 0. The number of amides is 1. The van der Waals surface area contributed by atoms with Crippen molar-refractivity contribution in [1.29, 1.82) is 0 Å². The van der Waals surface area contributed by atoms with E-state index in [9.17, 15) is 4.79 Å². The molecule has 0 heterocycles. The molecule has 0 saturated carbocycles. The number of methoxy groups -OCH3 is 1. The summed E-state index contributed by atoms with van der Waals surface area (Å²) in [5, 5.41) is 0. The smallest absolute Gasteiger partial charge is 0.224 e. The van der Waals surface area contributed by atoms with Crippen LogP contribution < -0.4 is 5.73 Å². The molecule has 1 amide bonds. The number of ether oxygens (including phenoxy) is 1. The fraction of sp³-hybridized carbons (Fsp3) is 0.923. The predicted octanol–water partition coefficient (Wildman–Crippen LogP) is 1.78. The van der Waals surface area contributed by atoms with Gasteiger partial charge in [-0.3, -0.25) is 4.79 Å². The van der Waals surface area contributed by atoms with Gasteiger partial charge in [0.05, 0.1) is 6.61 Å². The lowest BCUT2D eigenvalue weighted by Crippen LogP contribution is -2.43. The zero-order chi connectivity index (χ0) is 13.3. The first-order chi connectivity index (χ1) is 8.10. The largest absolute Gasteiger partial charge is 0.383 e. The molecule has 0 aromatic carbocycles. The van der Waals surface area contributed by atoms with Gasteiger partial charge in [-0.1, -0.05) is 20.8 Å². The Labute approximate surface area is 105 Å². The van der Waals surface area contributed by atoms with E-state index < -0.39 is 0 Å². The number of carbonyl (C=O) groups excluding carboxylic acids is 1. The van der Waals surface area contributed by atoms with Crippen LogP contribution in [0.1, 0.15) is 46.5 Å². The monoisotopic (exact) mass is 244 g/mol. The van der Waals surface area contributed by atoms with E-state index in [2.05, 4.69) is 13.8 Å². The van der Waals surface area contributed by atoms with Crippen LogP contribution in [0.3, 0.4) is 0 Å². The van der Waals surface area contributed by atoms with Crippen molar-refractivity contribution in [2.24, 2.45) is 5.73 Å². The highest BCUT2D eigenvalue weighted by molar-refractivity contribution is 5.77. The number of rotatable bonds is 9. The highest BCUT2D eigenvalue weighted by Gasteiger charge is 2.21. The van der Waals surface area contributed by atoms with Crippen LogP contribution in [0.2, 0.25) is 0 Å². The molecule has 17 heavy (non-hydrogen) atoms. The molecule has 2 N–H and O–H groups in total. The average molecular weight is 244 g/mol. The molecule has 4 nitrogen and oxygen atoms in total. The van der Waals surface area contributed by atoms with E-state index in [-0.39, 0.29) is 11.9 Å². The van der Waals surface area contributed by atoms with Crippen molar-refractivity contribution in [3.63, 3.8) is 0 Å². The normalized spacial score (nSPS) is 12.8. The van der Waals surface area contributed by atoms with Crippen LogP contribution in [-0.4, -0.2) is 43.2 Å². The molecule has 0 aromatic rings. The molecule has 0 bridgehead atoms. The van der Waals surface area contributed by atoms with E-state index in [1.165, 1.54) is 0 Å². The summed E-state index contributed by atoms with van der Waals surface area (Å²) in [4.78, 5) is 14.1. The van der Waals surface area contributed by atoms with Gasteiger partial charge in [0.1, 0.15) is 0 Å². The maximum Gasteiger partial charge on any atom is 0.224 e. The summed E-state index contributed by atoms with van der Waals surface area (Å²) in [6, 6.07) is 0.281. The molecule has 0 aromatic heterocycles. The lowest BCUT2D eigenvalue weighted by molar-refractivity contribution is -0.134. The highest BCUT2D eigenvalue weighted by atomic mass is 16.5. The third-order valence-electron chi connectivity index (χ3n) is 3.20. The van der Waals surface area contributed by atoms with Crippen molar-refractivity contribution in [2.45, 2.75) is 58.5 Å².